The van der Waals surface area contributed by atoms with Gasteiger partial charge in [-0.3, -0.25) is 28.0 Å². The largest absolute Gasteiger partial charge is 0.756 e. The lowest BCUT2D eigenvalue weighted by atomic mass is 9.98. The van der Waals surface area contributed by atoms with E-state index in [0.29, 0.717) is 5.56 Å². The number of unbranched alkanes of at least 4 members (excludes halogenated alkanes) is 8. The van der Waals surface area contributed by atoms with Gasteiger partial charge in [-0.25, -0.2) is 9.29 Å². The van der Waals surface area contributed by atoms with E-state index in [9.17, 15) is 33.9 Å². The van der Waals surface area contributed by atoms with Gasteiger partial charge >= 0.3 is 0 Å². The topological polar surface area (TPSA) is 284 Å². The van der Waals surface area contributed by atoms with Crippen LogP contribution in [0.1, 0.15) is 188 Å². The first-order valence-corrected chi connectivity index (χ1v) is 37.4. The number of nitrogen functional groups attached to an aromatic ring is 1. The molecule has 2 fully saturated rings. The summed E-state index contributed by atoms with van der Waals surface area (Å²) in [5, 5.41) is 21.4. The molecule has 5 aromatic rings. The molecule has 0 aliphatic carbocycles. The number of benzene rings is 3. The van der Waals surface area contributed by atoms with Crippen molar-refractivity contribution >= 4 is 32.8 Å². The number of aromatic amines is 1. The van der Waals surface area contributed by atoms with Gasteiger partial charge in [0.1, 0.15) is 36.6 Å². The highest BCUT2D eigenvalue weighted by atomic mass is 31.3. The third kappa shape index (κ3) is 26.2. The molecule has 2 aliphatic rings. The zero-order chi connectivity index (χ0) is 67.7. The predicted octanol–water partition coefficient (Wildman–Crippen LogP) is 11.8. The van der Waals surface area contributed by atoms with Gasteiger partial charge in [-0.2, -0.15) is 4.98 Å². The van der Waals surface area contributed by atoms with Crippen LogP contribution in [0, 0.1) is 0 Å². The van der Waals surface area contributed by atoms with Gasteiger partial charge in [-0.05, 0) is 75.0 Å². The molecule has 524 valence electrons. The fraction of sp³-hybridized carbons (Fsp3) is 0.667. The number of anilines is 1. The number of fused-ring (bicyclic) bond motifs is 1. The van der Waals surface area contributed by atoms with Gasteiger partial charge in [-0.15, -0.1) is 0 Å². The van der Waals surface area contributed by atoms with E-state index in [1.165, 1.54) is 164 Å². The van der Waals surface area contributed by atoms with E-state index in [4.69, 9.17) is 38.5 Å². The van der Waals surface area contributed by atoms with E-state index in [1.54, 1.807) is 31.2 Å². The SMILES string of the molecule is CCCC[N+](CCCC)(CCCC)CCCC.CCCC[N+](CCCC)(CCCC)CCCC.C[C@@H]1OC(OP(=O)([O-])OP(=O)([O-])OC[C@H]2O[C@@H](n3cnc4c(=O)[nH]c(N)nc43)[C@H](O)[C@@H]2O)[C@@H](OCc2ccccc2)[C@H](OCc2ccccc2)[C@@H]1OCc1ccccc1. The van der Waals surface area contributed by atoms with Gasteiger partial charge in [0, 0.05) is 0 Å². The zero-order valence-corrected chi connectivity index (χ0v) is 58.9. The minimum absolute atomic E-state index is 0.0566. The predicted molar refractivity (Wildman–Crippen MR) is 360 cm³/mol. The maximum Gasteiger partial charge on any atom is 0.280 e. The molecule has 22 nitrogen and oxygen atoms in total. The standard InChI is InChI=1S/C37H43N5O15P2.2C16H36N/c1-22-30(50-17-23-11-5-2-6-12-23)31(51-18-24-13-7-3-8-14-24)32(52-19-25-15-9-4-10-16-25)36(54-22)56-59(48,49)57-58(46,47)53-20-26-28(43)29(44)35(55-26)42-21-39-27-33(42)40-37(38)41-34(27)45;2*1-5-9-13-17(14-10-6-2,15-11-7-3)16-12-8-4/h2-16,21-22,26,28-32,35-36,43-44H,17-20H2,1H3,(H,46,47)(H,48,49)(H3,38,40,41,45);2*5-16H2,1-4H3/q;2*+1/p-2/t22-,26+,28+,29+,30+,31+,32-,35+,36?;;/m0../s1. The van der Waals surface area contributed by atoms with Gasteiger partial charge in [0.25, 0.3) is 21.2 Å². The van der Waals surface area contributed by atoms with E-state index in [0.717, 1.165) is 22.0 Å². The molecule has 24 heteroatoms. The highest BCUT2D eigenvalue weighted by Crippen LogP contribution is 2.57. The van der Waals surface area contributed by atoms with Crippen LogP contribution in [-0.2, 0) is 66.0 Å². The molecule has 3 aromatic carbocycles. The van der Waals surface area contributed by atoms with Crippen LogP contribution in [0.25, 0.3) is 11.2 Å². The summed E-state index contributed by atoms with van der Waals surface area (Å²) in [6.45, 7) is 30.8. The van der Waals surface area contributed by atoms with Crippen molar-refractivity contribution in [2.75, 3.05) is 64.7 Å². The van der Waals surface area contributed by atoms with Crippen molar-refractivity contribution in [2.24, 2.45) is 0 Å². The van der Waals surface area contributed by atoms with Crippen LogP contribution >= 0.6 is 15.6 Å². The summed E-state index contributed by atoms with van der Waals surface area (Å²) in [5.41, 5.74) is 7.06. The first kappa shape index (κ1) is 79.4. The number of H-pyrrole nitrogens is 1. The lowest BCUT2D eigenvalue weighted by Crippen LogP contribution is -2.60. The van der Waals surface area contributed by atoms with Gasteiger partial charge in [0.2, 0.25) is 5.95 Å². The number of nitrogens with zero attached hydrogens (tertiary/aromatic N) is 5. The molecule has 0 saturated carbocycles. The van der Waals surface area contributed by atoms with Crippen molar-refractivity contribution in [2.45, 2.75) is 240 Å². The number of ether oxygens (including phenoxy) is 5. The van der Waals surface area contributed by atoms with Crippen LogP contribution in [0.3, 0.4) is 0 Å². The average molecular weight is 1340 g/mol. The van der Waals surface area contributed by atoms with Crippen molar-refractivity contribution in [1.29, 1.82) is 0 Å². The first-order chi connectivity index (χ1) is 44.8. The molecule has 0 spiro atoms. The number of hydrogen-bond donors (Lipinski definition) is 4. The van der Waals surface area contributed by atoms with E-state index in [2.05, 4.69) is 74.7 Å². The number of phosphoric acid groups is 2. The fourth-order valence-electron chi connectivity index (χ4n) is 11.9. The Labute approximate surface area is 554 Å². The molecule has 0 bridgehead atoms. The highest BCUT2D eigenvalue weighted by molar-refractivity contribution is 7.59. The summed E-state index contributed by atoms with van der Waals surface area (Å²) < 4.78 is 75.4. The van der Waals surface area contributed by atoms with Crippen LogP contribution in [0.15, 0.2) is 102 Å². The Morgan fingerprint density at radius 3 is 1.35 bits per heavy atom. The third-order valence-corrected chi connectivity index (χ3v) is 19.9. The molecule has 5 N–H and O–H groups in total. The van der Waals surface area contributed by atoms with Crippen LogP contribution in [0.2, 0.25) is 0 Å². The Kier molecular flexibility index (Phi) is 35.6. The Morgan fingerprint density at radius 2 is 0.957 bits per heavy atom. The molecule has 0 radical (unpaired) electrons. The van der Waals surface area contributed by atoms with E-state index in [1.807, 2.05) is 66.7 Å². The van der Waals surface area contributed by atoms with Gasteiger partial charge in [-0.1, -0.05) is 198 Å². The average Bonchev–Trinajstić information content (AvgIpc) is 1.74. The molecule has 7 rings (SSSR count). The molecule has 0 amide bonds. The summed E-state index contributed by atoms with van der Waals surface area (Å²) in [6, 6.07) is 27.5. The Morgan fingerprint density at radius 1 is 0.570 bits per heavy atom. The van der Waals surface area contributed by atoms with Crippen LogP contribution in [-0.4, -0.2) is 147 Å². The quantitative estimate of drug-likeness (QED) is 0.0209. The number of imidazole rings is 1. The summed E-state index contributed by atoms with van der Waals surface area (Å²) >= 11 is 0. The maximum atomic E-state index is 13.4. The second kappa shape index (κ2) is 41.7. The second-order valence-corrected chi connectivity index (χ2v) is 27.9. The molecule has 11 atom stereocenters. The number of aliphatic hydroxyl groups is 2. The third-order valence-electron chi connectivity index (χ3n) is 17.4. The van der Waals surface area contributed by atoms with E-state index < -0.39 is 83.1 Å². The van der Waals surface area contributed by atoms with E-state index in [-0.39, 0.29) is 36.9 Å². The number of phosphoric ester groups is 2. The number of hydrogen-bond acceptors (Lipinski definition) is 18. The molecule has 93 heavy (non-hydrogen) atoms. The number of rotatable bonds is 41. The van der Waals surface area contributed by atoms with Crippen LogP contribution in [0.4, 0.5) is 5.95 Å². The smallest absolute Gasteiger partial charge is 0.280 e. The number of quaternary nitrogens is 2. The molecular formula is C69H113N7O15P2. The molecule has 2 aliphatic heterocycles. The first-order valence-electron chi connectivity index (χ1n) is 34.5. The van der Waals surface area contributed by atoms with Crippen molar-refractivity contribution in [3.63, 3.8) is 0 Å². The fourth-order valence-corrected chi connectivity index (χ4v) is 14.0. The molecule has 2 saturated heterocycles. The van der Waals surface area contributed by atoms with Crippen LogP contribution < -0.4 is 21.1 Å². The summed E-state index contributed by atoms with van der Waals surface area (Å²) in [6.07, 6.45) is 10.8. The number of nitrogens with one attached hydrogen (secondary N) is 1. The van der Waals surface area contributed by atoms with Crippen molar-refractivity contribution in [3.05, 3.63) is 124 Å². The molecular weight excluding hydrogens is 1230 g/mol. The Hall–Kier alpha value is -4.29. The Balaban J connectivity index is 0.000000377. The lowest BCUT2D eigenvalue weighted by molar-refractivity contribution is -0.929. The molecule has 3 unspecified atom stereocenters. The minimum Gasteiger partial charge on any atom is -0.756 e. The number of nitrogens with two attached hydrogens (primary N) is 1. The second-order valence-electron chi connectivity index (χ2n) is 25.0. The van der Waals surface area contributed by atoms with Crippen LogP contribution in [0.5, 0.6) is 0 Å². The summed E-state index contributed by atoms with van der Waals surface area (Å²) in [7, 11) is -11.7. The Bertz CT molecular complexity index is 2860. The zero-order valence-electron chi connectivity index (χ0n) is 57.1. The number of aliphatic hydroxyl groups excluding tert-OH is 2. The minimum atomic E-state index is -5.88. The maximum absolute atomic E-state index is 13.4. The van der Waals surface area contributed by atoms with Crippen molar-refractivity contribution in [1.82, 2.24) is 19.5 Å². The van der Waals surface area contributed by atoms with E-state index >= 15 is 0 Å². The van der Waals surface area contributed by atoms with Gasteiger partial charge in [0.15, 0.2) is 23.7 Å². The molecule has 2 aromatic heterocycles. The number of aromatic nitrogens is 4. The van der Waals surface area contributed by atoms with Crippen molar-refractivity contribution in [3.8, 4) is 0 Å². The summed E-state index contributed by atoms with van der Waals surface area (Å²) in [4.78, 5) is 48.7. The summed E-state index contributed by atoms with van der Waals surface area (Å²) in [5.74, 6) is -0.264. The molecule has 4 heterocycles. The highest BCUT2D eigenvalue weighted by Gasteiger charge is 2.50. The van der Waals surface area contributed by atoms with Crippen molar-refractivity contribution < 1.29 is 75.1 Å². The van der Waals surface area contributed by atoms with Gasteiger partial charge < -0.3 is 62.9 Å². The monoisotopic (exact) mass is 1340 g/mol. The normalized spacial score (nSPS) is 22.1. The lowest BCUT2D eigenvalue weighted by Gasteiger charge is -2.46. The van der Waals surface area contributed by atoms with Gasteiger partial charge in [0.05, 0.1) is 91.2 Å².